The largest absolute Gasteiger partial charge is 0.389 e. The van der Waals surface area contributed by atoms with E-state index in [0.29, 0.717) is 19.0 Å². The fraction of sp³-hybridized carbons (Fsp3) is 0.538. The van der Waals surface area contributed by atoms with Crippen LogP contribution in [0, 0.1) is 5.82 Å². The van der Waals surface area contributed by atoms with Crippen molar-refractivity contribution in [3.05, 3.63) is 34.1 Å². The van der Waals surface area contributed by atoms with Gasteiger partial charge in [-0.25, -0.2) is 4.39 Å². The second-order valence-electron chi connectivity index (χ2n) is 5.06. The summed E-state index contributed by atoms with van der Waals surface area (Å²) in [4.78, 5) is 0. The van der Waals surface area contributed by atoms with E-state index in [9.17, 15) is 9.50 Å². The van der Waals surface area contributed by atoms with Gasteiger partial charge in [-0.15, -0.1) is 0 Å². The summed E-state index contributed by atoms with van der Waals surface area (Å²) in [6, 6.07) is 5.12. The Hall–Kier alpha value is -0.450. The van der Waals surface area contributed by atoms with E-state index in [2.05, 4.69) is 21.2 Å². The Morgan fingerprint density at radius 2 is 2.24 bits per heavy atom. The average Bonchev–Trinajstić information content (AvgIpc) is 3.04. The lowest BCUT2D eigenvalue weighted by molar-refractivity contribution is 0.0595. The van der Waals surface area contributed by atoms with Crippen molar-refractivity contribution in [2.45, 2.75) is 37.8 Å². The summed E-state index contributed by atoms with van der Waals surface area (Å²) in [5.41, 5.74) is -0.0496. The first kappa shape index (κ1) is 13.0. The molecule has 1 atom stereocenters. The summed E-state index contributed by atoms with van der Waals surface area (Å²) in [6.45, 7) is 2.32. The maximum atomic E-state index is 13.1. The normalized spacial score (nSPS) is 19.1. The molecule has 0 amide bonds. The predicted molar refractivity (Wildman–Crippen MR) is 69.5 cm³/mol. The number of nitrogens with one attached hydrogen (secondary N) is 1. The third-order valence-electron chi connectivity index (χ3n) is 2.93. The monoisotopic (exact) mass is 301 g/mol. The SMILES string of the molecule is CC(O)(CNC1CC1)Cc1cc(F)ccc1Br. The molecule has 17 heavy (non-hydrogen) atoms. The van der Waals surface area contributed by atoms with E-state index in [0.717, 1.165) is 10.0 Å². The van der Waals surface area contributed by atoms with Gasteiger partial charge in [0.25, 0.3) is 0 Å². The van der Waals surface area contributed by atoms with Crippen molar-refractivity contribution in [3.63, 3.8) is 0 Å². The molecule has 0 radical (unpaired) electrons. The third-order valence-corrected chi connectivity index (χ3v) is 3.70. The lowest BCUT2D eigenvalue weighted by Gasteiger charge is -2.24. The van der Waals surface area contributed by atoms with Crippen LogP contribution in [-0.2, 0) is 6.42 Å². The number of aliphatic hydroxyl groups is 1. The topological polar surface area (TPSA) is 32.3 Å². The molecule has 0 aliphatic heterocycles. The Balaban J connectivity index is 1.99. The Morgan fingerprint density at radius 3 is 2.88 bits per heavy atom. The predicted octanol–water partition coefficient (Wildman–Crippen LogP) is 2.63. The molecule has 0 aromatic heterocycles. The minimum Gasteiger partial charge on any atom is -0.389 e. The molecule has 1 aliphatic carbocycles. The second kappa shape index (κ2) is 5.04. The van der Waals surface area contributed by atoms with Gasteiger partial charge in [0.2, 0.25) is 0 Å². The number of rotatable bonds is 5. The summed E-state index contributed by atoms with van der Waals surface area (Å²) in [6.07, 6.45) is 2.82. The van der Waals surface area contributed by atoms with Crippen LogP contribution in [0.4, 0.5) is 4.39 Å². The Bertz CT molecular complexity index is 404. The van der Waals surface area contributed by atoms with Crippen LogP contribution in [0.25, 0.3) is 0 Å². The summed E-state index contributed by atoms with van der Waals surface area (Å²) in [5, 5.41) is 13.5. The molecule has 2 rings (SSSR count). The van der Waals surface area contributed by atoms with Crippen LogP contribution < -0.4 is 5.32 Å². The van der Waals surface area contributed by atoms with Crippen molar-refractivity contribution in [1.29, 1.82) is 0 Å². The molecular formula is C13H17BrFNO. The standard InChI is InChI=1S/C13H17BrFNO/c1-13(17,8-16-11-3-4-11)7-9-6-10(15)2-5-12(9)14/h2,5-6,11,16-17H,3-4,7-8H2,1H3. The van der Waals surface area contributed by atoms with E-state index in [1.807, 2.05) is 0 Å². The molecule has 0 bridgehead atoms. The van der Waals surface area contributed by atoms with E-state index in [-0.39, 0.29) is 5.82 Å². The Morgan fingerprint density at radius 1 is 1.53 bits per heavy atom. The fourth-order valence-corrected chi connectivity index (χ4v) is 2.19. The molecule has 1 aliphatic rings. The highest BCUT2D eigenvalue weighted by Crippen LogP contribution is 2.24. The van der Waals surface area contributed by atoms with Gasteiger partial charge >= 0.3 is 0 Å². The van der Waals surface area contributed by atoms with Gasteiger partial charge in [-0.3, -0.25) is 0 Å². The molecule has 1 aromatic carbocycles. The van der Waals surface area contributed by atoms with E-state index in [1.54, 1.807) is 13.0 Å². The highest BCUT2D eigenvalue weighted by atomic mass is 79.9. The summed E-state index contributed by atoms with van der Waals surface area (Å²) in [5.74, 6) is -0.269. The quantitative estimate of drug-likeness (QED) is 0.876. The lowest BCUT2D eigenvalue weighted by atomic mass is 9.96. The third kappa shape index (κ3) is 4.05. The molecular weight excluding hydrogens is 285 g/mol. The van der Waals surface area contributed by atoms with E-state index in [4.69, 9.17) is 0 Å². The van der Waals surface area contributed by atoms with Gasteiger partial charge in [-0.2, -0.15) is 0 Å². The van der Waals surface area contributed by atoms with Crippen LogP contribution in [-0.4, -0.2) is 23.3 Å². The Kier molecular flexibility index (Phi) is 3.85. The molecule has 0 spiro atoms. The first-order chi connectivity index (χ1) is 7.96. The molecule has 0 saturated heterocycles. The summed E-state index contributed by atoms with van der Waals surface area (Å²) >= 11 is 3.38. The van der Waals surface area contributed by atoms with Gasteiger partial charge in [0.05, 0.1) is 5.60 Å². The zero-order chi connectivity index (χ0) is 12.5. The van der Waals surface area contributed by atoms with E-state index >= 15 is 0 Å². The zero-order valence-electron chi connectivity index (χ0n) is 9.84. The number of hydrogen-bond donors (Lipinski definition) is 2. The average molecular weight is 302 g/mol. The van der Waals surface area contributed by atoms with Crippen LogP contribution in [0.5, 0.6) is 0 Å². The van der Waals surface area contributed by atoms with Crippen molar-refractivity contribution in [3.8, 4) is 0 Å². The minimum absolute atomic E-state index is 0.269. The van der Waals surface area contributed by atoms with Crippen LogP contribution in [0.3, 0.4) is 0 Å². The van der Waals surface area contributed by atoms with Crippen molar-refractivity contribution < 1.29 is 9.50 Å². The number of halogens is 2. The highest BCUT2D eigenvalue weighted by Gasteiger charge is 2.27. The van der Waals surface area contributed by atoms with Crippen molar-refractivity contribution in [2.24, 2.45) is 0 Å². The second-order valence-corrected chi connectivity index (χ2v) is 5.92. The van der Waals surface area contributed by atoms with E-state index in [1.165, 1.54) is 25.0 Å². The maximum absolute atomic E-state index is 13.1. The lowest BCUT2D eigenvalue weighted by Crippen LogP contribution is -2.40. The molecule has 0 heterocycles. The van der Waals surface area contributed by atoms with Gasteiger partial charge in [-0.1, -0.05) is 15.9 Å². The van der Waals surface area contributed by atoms with Crippen LogP contribution in [0.1, 0.15) is 25.3 Å². The van der Waals surface area contributed by atoms with Crippen LogP contribution >= 0.6 is 15.9 Å². The van der Waals surface area contributed by atoms with Gasteiger partial charge < -0.3 is 10.4 Å². The van der Waals surface area contributed by atoms with Gasteiger partial charge in [0.1, 0.15) is 5.82 Å². The minimum atomic E-state index is -0.848. The molecule has 2 N–H and O–H groups in total. The van der Waals surface area contributed by atoms with Crippen molar-refractivity contribution in [2.75, 3.05) is 6.54 Å². The van der Waals surface area contributed by atoms with Crippen molar-refractivity contribution in [1.82, 2.24) is 5.32 Å². The van der Waals surface area contributed by atoms with Crippen molar-refractivity contribution >= 4 is 15.9 Å². The number of hydrogen-bond acceptors (Lipinski definition) is 2. The van der Waals surface area contributed by atoms with Gasteiger partial charge in [0.15, 0.2) is 0 Å². The first-order valence-electron chi connectivity index (χ1n) is 5.86. The first-order valence-corrected chi connectivity index (χ1v) is 6.65. The molecule has 2 nitrogen and oxygen atoms in total. The van der Waals surface area contributed by atoms with Crippen LogP contribution in [0.2, 0.25) is 0 Å². The summed E-state index contributed by atoms with van der Waals surface area (Å²) in [7, 11) is 0. The van der Waals surface area contributed by atoms with E-state index < -0.39 is 5.60 Å². The smallest absolute Gasteiger partial charge is 0.123 e. The molecule has 1 aromatic rings. The Labute approximate surface area is 109 Å². The molecule has 94 valence electrons. The zero-order valence-corrected chi connectivity index (χ0v) is 11.4. The van der Waals surface area contributed by atoms with Gasteiger partial charge in [0, 0.05) is 23.5 Å². The van der Waals surface area contributed by atoms with Crippen LogP contribution in [0.15, 0.2) is 22.7 Å². The summed E-state index contributed by atoms with van der Waals surface area (Å²) < 4.78 is 14.0. The highest BCUT2D eigenvalue weighted by molar-refractivity contribution is 9.10. The fourth-order valence-electron chi connectivity index (χ4n) is 1.80. The maximum Gasteiger partial charge on any atom is 0.123 e. The molecule has 1 unspecified atom stereocenters. The van der Waals surface area contributed by atoms with Gasteiger partial charge in [-0.05, 0) is 43.5 Å². The molecule has 4 heteroatoms. The molecule has 1 saturated carbocycles. The molecule has 1 fully saturated rings. The number of benzene rings is 1.